The summed E-state index contributed by atoms with van der Waals surface area (Å²) in [4.78, 5) is 11.0. The van der Waals surface area contributed by atoms with Gasteiger partial charge in [0.1, 0.15) is 17.4 Å². The molecule has 1 rings (SSSR count). The third-order valence-corrected chi connectivity index (χ3v) is 1.68. The summed E-state index contributed by atoms with van der Waals surface area (Å²) in [5, 5.41) is 0. The first kappa shape index (κ1) is 11.4. The number of methoxy groups -OCH3 is 1. The Labute approximate surface area is 85.6 Å². The van der Waals surface area contributed by atoms with Gasteiger partial charge < -0.3 is 9.47 Å². The molecule has 0 fully saturated rings. The summed E-state index contributed by atoms with van der Waals surface area (Å²) < 4.78 is 34.8. The lowest BCUT2D eigenvalue weighted by Gasteiger charge is -2.12. The van der Waals surface area contributed by atoms with Gasteiger partial charge in [0.25, 0.3) is 0 Å². The monoisotopic (exact) mass is 216 g/mol. The minimum absolute atomic E-state index is 0.0506. The lowest BCUT2D eigenvalue weighted by molar-refractivity contribution is -0.147. The average Bonchev–Trinajstić information content (AvgIpc) is 2.14. The molecule has 15 heavy (non-hydrogen) atoms. The first-order chi connectivity index (χ1) is 7.02. The van der Waals surface area contributed by atoms with Crippen molar-refractivity contribution in [2.75, 3.05) is 7.11 Å². The fourth-order valence-corrected chi connectivity index (χ4v) is 1.01. The zero-order valence-electron chi connectivity index (χ0n) is 8.29. The van der Waals surface area contributed by atoms with Crippen molar-refractivity contribution in [3.63, 3.8) is 0 Å². The SMILES string of the molecule is COC(=O)[C@@H](C)Oc1cc(F)cc(F)c1. The van der Waals surface area contributed by atoms with Crippen LogP contribution < -0.4 is 4.74 Å². The van der Waals surface area contributed by atoms with Crippen LogP contribution >= 0.6 is 0 Å². The number of halogens is 2. The van der Waals surface area contributed by atoms with Crippen molar-refractivity contribution >= 4 is 5.97 Å². The smallest absolute Gasteiger partial charge is 0.346 e. The van der Waals surface area contributed by atoms with Crippen LogP contribution in [0.4, 0.5) is 8.78 Å². The van der Waals surface area contributed by atoms with E-state index < -0.39 is 23.7 Å². The molecule has 0 amide bonds. The highest BCUT2D eigenvalue weighted by atomic mass is 19.1. The molecule has 3 nitrogen and oxygen atoms in total. The molecule has 0 radical (unpaired) electrons. The molecular weight excluding hydrogens is 206 g/mol. The second-order valence-electron chi connectivity index (χ2n) is 2.89. The highest BCUT2D eigenvalue weighted by Gasteiger charge is 2.15. The molecular formula is C10H10F2O3. The molecule has 0 bridgehead atoms. The van der Waals surface area contributed by atoms with Crippen molar-refractivity contribution in [2.45, 2.75) is 13.0 Å². The van der Waals surface area contributed by atoms with Crippen molar-refractivity contribution in [2.24, 2.45) is 0 Å². The van der Waals surface area contributed by atoms with E-state index in [0.29, 0.717) is 0 Å². The first-order valence-electron chi connectivity index (χ1n) is 4.23. The fraction of sp³-hybridized carbons (Fsp3) is 0.300. The van der Waals surface area contributed by atoms with Crippen LogP contribution in [0.25, 0.3) is 0 Å². The number of hydrogen-bond donors (Lipinski definition) is 0. The number of ether oxygens (including phenoxy) is 2. The second-order valence-corrected chi connectivity index (χ2v) is 2.89. The largest absolute Gasteiger partial charge is 0.479 e. The van der Waals surface area contributed by atoms with E-state index >= 15 is 0 Å². The maximum atomic E-state index is 12.7. The minimum atomic E-state index is -0.906. The molecule has 82 valence electrons. The van der Waals surface area contributed by atoms with Crippen LogP contribution in [0.5, 0.6) is 5.75 Å². The Bertz CT molecular complexity index is 345. The molecule has 5 heteroatoms. The fourth-order valence-electron chi connectivity index (χ4n) is 1.01. The standard InChI is InChI=1S/C10H10F2O3/c1-6(10(13)14-2)15-9-4-7(11)3-8(12)5-9/h3-6H,1-2H3/t6-/m1/s1. The van der Waals surface area contributed by atoms with Crippen LogP contribution in [-0.2, 0) is 9.53 Å². The molecule has 0 aromatic heterocycles. The Balaban J connectivity index is 2.76. The number of benzene rings is 1. The first-order valence-corrected chi connectivity index (χ1v) is 4.23. The highest BCUT2D eigenvalue weighted by molar-refractivity contribution is 5.74. The molecule has 0 N–H and O–H groups in total. The topological polar surface area (TPSA) is 35.5 Å². The molecule has 0 aliphatic heterocycles. The Morgan fingerprint density at radius 3 is 2.27 bits per heavy atom. The van der Waals surface area contributed by atoms with Gasteiger partial charge in [-0.25, -0.2) is 13.6 Å². The number of hydrogen-bond acceptors (Lipinski definition) is 3. The van der Waals surface area contributed by atoms with Crippen LogP contribution in [0, 0.1) is 11.6 Å². The third-order valence-electron chi connectivity index (χ3n) is 1.68. The van der Waals surface area contributed by atoms with Gasteiger partial charge >= 0.3 is 5.97 Å². The number of rotatable bonds is 3. The Morgan fingerprint density at radius 2 is 1.80 bits per heavy atom. The van der Waals surface area contributed by atoms with Crippen molar-refractivity contribution in [1.82, 2.24) is 0 Å². The van der Waals surface area contributed by atoms with E-state index in [0.717, 1.165) is 18.2 Å². The van der Waals surface area contributed by atoms with Gasteiger partial charge in [-0.2, -0.15) is 0 Å². The second kappa shape index (κ2) is 4.72. The van der Waals surface area contributed by atoms with Crippen molar-refractivity contribution in [1.29, 1.82) is 0 Å². The summed E-state index contributed by atoms with van der Waals surface area (Å²) in [6.45, 7) is 1.43. The van der Waals surface area contributed by atoms with Crippen LogP contribution in [0.3, 0.4) is 0 Å². The summed E-state index contributed by atoms with van der Waals surface area (Å²) in [7, 11) is 1.20. The summed E-state index contributed by atoms with van der Waals surface area (Å²) >= 11 is 0. The lowest BCUT2D eigenvalue weighted by atomic mass is 10.3. The average molecular weight is 216 g/mol. The van der Waals surface area contributed by atoms with Gasteiger partial charge in [-0.1, -0.05) is 0 Å². The molecule has 0 aliphatic rings. The Morgan fingerprint density at radius 1 is 1.27 bits per heavy atom. The van der Waals surface area contributed by atoms with E-state index in [9.17, 15) is 13.6 Å². The van der Waals surface area contributed by atoms with Crippen LogP contribution in [0.1, 0.15) is 6.92 Å². The molecule has 0 saturated carbocycles. The van der Waals surface area contributed by atoms with Crippen molar-refractivity contribution in [3.05, 3.63) is 29.8 Å². The van der Waals surface area contributed by atoms with Gasteiger partial charge in [0.05, 0.1) is 7.11 Å². The zero-order valence-corrected chi connectivity index (χ0v) is 8.29. The van der Waals surface area contributed by atoms with E-state index in [1.165, 1.54) is 14.0 Å². The predicted molar refractivity (Wildman–Crippen MR) is 48.5 cm³/mol. The van der Waals surface area contributed by atoms with Gasteiger partial charge in [-0.15, -0.1) is 0 Å². The minimum Gasteiger partial charge on any atom is -0.479 e. The number of carbonyl (C=O) groups excluding carboxylic acids is 1. The Kier molecular flexibility index (Phi) is 3.60. The van der Waals surface area contributed by atoms with Gasteiger partial charge in [0.2, 0.25) is 0 Å². The lowest BCUT2D eigenvalue weighted by Crippen LogP contribution is -2.24. The van der Waals surface area contributed by atoms with Gasteiger partial charge in [0, 0.05) is 18.2 Å². The van der Waals surface area contributed by atoms with Crippen LogP contribution in [-0.4, -0.2) is 19.2 Å². The molecule has 1 aromatic carbocycles. The summed E-state index contributed by atoms with van der Waals surface area (Å²) in [6, 6.07) is 2.70. The normalized spacial score (nSPS) is 12.0. The van der Waals surface area contributed by atoms with E-state index in [-0.39, 0.29) is 5.75 Å². The molecule has 0 heterocycles. The molecule has 0 spiro atoms. The number of esters is 1. The van der Waals surface area contributed by atoms with Crippen LogP contribution in [0.15, 0.2) is 18.2 Å². The van der Waals surface area contributed by atoms with Crippen LogP contribution in [0.2, 0.25) is 0 Å². The van der Waals surface area contributed by atoms with E-state index in [4.69, 9.17) is 4.74 Å². The van der Waals surface area contributed by atoms with E-state index in [1.807, 2.05) is 0 Å². The maximum absolute atomic E-state index is 12.7. The number of carbonyl (C=O) groups is 1. The third kappa shape index (κ3) is 3.19. The molecule has 1 atom stereocenters. The van der Waals surface area contributed by atoms with Gasteiger partial charge in [-0.05, 0) is 6.92 Å². The zero-order chi connectivity index (χ0) is 11.4. The highest BCUT2D eigenvalue weighted by Crippen LogP contribution is 2.16. The Hall–Kier alpha value is -1.65. The molecule has 0 unspecified atom stereocenters. The molecule has 0 aliphatic carbocycles. The summed E-state index contributed by atoms with van der Waals surface area (Å²) in [5.41, 5.74) is 0. The summed E-state index contributed by atoms with van der Waals surface area (Å²) in [5.74, 6) is -2.19. The van der Waals surface area contributed by atoms with Gasteiger partial charge in [0.15, 0.2) is 6.10 Å². The van der Waals surface area contributed by atoms with Gasteiger partial charge in [-0.3, -0.25) is 0 Å². The summed E-state index contributed by atoms with van der Waals surface area (Å²) in [6.07, 6.45) is -0.906. The van der Waals surface area contributed by atoms with Crippen molar-refractivity contribution < 1.29 is 23.0 Å². The van der Waals surface area contributed by atoms with E-state index in [2.05, 4.69) is 4.74 Å². The van der Waals surface area contributed by atoms with Crippen molar-refractivity contribution in [3.8, 4) is 5.75 Å². The molecule has 1 aromatic rings. The molecule has 0 saturated heterocycles. The van der Waals surface area contributed by atoms with E-state index in [1.54, 1.807) is 0 Å². The predicted octanol–water partition coefficient (Wildman–Crippen LogP) is 1.91. The quantitative estimate of drug-likeness (QED) is 0.724. The maximum Gasteiger partial charge on any atom is 0.346 e.